The summed E-state index contributed by atoms with van der Waals surface area (Å²) in [5.41, 5.74) is 1.12. The average Bonchev–Trinajstić information content (AvgIpc) is 2.09. The van der Waals surface area contributed by atoms with Gasteiger partial charge in [0.05, 0.1) is 6.54 Å². The highest BCUT2D eigenvalue weighted by Crippen LogP contribution is 2.20. The molecule has 0 bridgehead atoms. The van der Waals surface area contributed by atoms with E-state index in [2.05, 4.69) is 4.99 Å². The van der Waals surface area contributed by atoms with Gasteiger partial charge in [0.2, 0.25) is 6.08 Å². The van der Waals surface area contributed by atoms with Crippen molar-refractivity contribution in [3.8, 4) is 0 Å². The summed E-state index contributed by atoms with van der Waals surface area (Å²) in [4.78, 5) is 13.1. The van der Waals surface area contributed by atoms with Crippen LogP contribution in [-0.4, -0.2) is 6.08 Å². The normalized spacial score (nSPS) is 9.46. The topological polar surface area (TPSA) is 29.4 Å². The smallest absolute Gasteiger partial charge is 0.211 e. The van der Waals surface area contributed by atoms with Gasteiger partial charge in [0.1, 0.15) is 5.82 Å². The fourth-order valence-corrected chi connectivity index (χ4v) is 1.11. The van der Waals surface area contributed by atoms with Crippen LogP contribution in [0.25, 0.3) is 0 Å². The van der Waals surface area contributed by atoms with Crippen molar-refractivity contribution in [3.63, 3.8) is 0 Å². The molecule has 4 heteroatoms. The third-order valence-corrected chi connectivity index (χ3v) is 2.05. The Labute approximate surface area is 80.1 Å². The van der Waals surface area contributed by atoms with Gasteiger partial charge in [-0.05, 0) is 24.6 Å². The second-order valence-corrected chi connectivity index (χ2v) is 3.01. The maximum atomic E-state index is 13.1. The number of halogens is 2. The van der Waals surface area contributed by atoms with Crippen LogP contribution in [0.4, 0.5) is 4.39 Å². The zero-order valence-electron chi connectivity index (χ0n) is 6.97. The Kier molecular flexibility index (Phi) is 3.18. The van der Waals surface area contributed by atoms with Crippen LogP contribution < -0.4 is 0 Å². The zero-order chi connectivity index (χ0) is 9.84. The van der Waals surface area contributed by atoms with E-state index in [0.717, 1.165) is 5.56 Å². The highest BCUT2D eigenvalue weighted by Gasteiger charge is 2.04. The number of benzene rings is 1. The lowest BCUT2D eigenvalue weighted by atomic mass is 10.1. The molecule has 0 fully saturated rings. The summed E-state index contributed by atoms with van der Waals surface area (Å²) in [6, 6.07) is 2.78. The van der Waals surface area contributed by atoms with E-state index in [1.807, 2.05) is 0 Å². The minimum atomic E-state index is -0.449. The van der Waals surface area contributed by atoms with Crippen molar-refractivity contribution in [3.05, 3.63) is 34.1 Å². The summed E-state index contributed by atoms with van der Waals surface area (Å²) < 4.78 is 13.1. The predicted molar refractivity (Wildman–Crippen MR) is 48.0 cm³/mol. The molecule has 1 aromatic rings. The van der Waals surface area contributed by atoms with Crippen LogP contribution in [0.5, 0.6) is 0 Å². The minimum Gasteiger partial charge on any atom is -0.211 e. The Morgan fingerprint density at radius 3 is 2.92 bits per heavy atom. The number of hydrogen-bond donors (Lipinski definition) is 0. The largest absolute Gasteiger partial charge is 0.235 e. The van der Waals surface area contributed by atoms with E-state index in [0.29, 0.717) is 10.6 Å². The molecule has 0 N–H and O–H groups in total. The van der Waals surface area contributed by atoms with Gasteiger partial charge >= 0.3 is 0 Å². The molecule has 68 valence electrons. The van der Waals surface area contributed by atoms with Gasteiger partial charge in [0.25, 0.3) is 0 Å². The molecule has 0 spiro atoms. The molecule has 0 atom stereocenters. The number of rotatable bonds is 2. The van der Waals surface area contributed by atoms with Gasteiger partial charge in [-0.15, -0.1) is 0 Å². The van der Waals surface area contributed by atoms with Crippen LogP contribution in [-0.2, 0) is 11.3 Å². The molecule has 13 heavy (non-hydrogen) atoms. The van der Waals surface area contributed by atoms with Crippen molar-refractivity contribution in [1.29, 1.82) is 0 Å². The molecule has 0 amide bonds. The van der Waals surface area contributed by atoms with Gasteiger partial charge in [0.15, 0.2) is 0 Å². The lowest BCUT2D eigenvalue weighted by molar-refractivity contribution is 0.561. The maximum Gasteiger partial charge on any atom is 0.235 e. The Morgan fingerprint density at radius 2 is 2.31 bits per heavy atom. The molecule has 0 radical (unpaired) electrons. The maximum absolute atomic E-state index is 13.1. The van der Waals surface area contributed by atoms with Gasteiger partial charge in [-0.25, -0.2) is 14.2 Å². The highest BCUT2D eigenvalue weighted by molar-refractivity contribution is 6.31. The average molecular weight is 200 g/mol. The third kappa shape index (κ3) is 2.38. The Balaban J connectivity index is 3.07. The molecule has 0 saturated heterocycles. The molecule has 1 aromatic carbocycles. The fraction of sp³-hybridized carbons (Fsp3) is 0.222. The molecule has 0 aliphatic carbocycles. The van der Waals surface area contributed by atoms with Gasteiger partial charge < -0.3 is 0 Å². The summed E-state index contributed by atoms with van der Waals surface area (Å²) in [5.74, 6) is -0.449. The van der Waals surface area contributed by atoms with Crippen LogP contribution in [0.3, 0.4) is 0 Å². The molecule has 0 unspecified atom stereocenters. The van der Waals surface area contributed by atoms with Crippen LogP contribution >= 0.6 is 11.6 Å². The van der Waals surface area contributed by atoms with Crippen molar-refractivity contribution in [2.75, 3.05) is 0 Å². The summed E-state index contributed by atoms with van der Waals surface area (Å²) in [6.45, 7) is 1.77. The van der Waals surface area contributed by atoms with Gasteiger partial charge in [0, 0.05) is 10.6 Å². The third-order valence-electron chi connectivity index (χ3n) is 1.64. The molecule has 0 aliphatic rings. The van der Waals surface area contributed by atoms with E-state index >= 15 is 0 Å². The Hall–Kier alpha value is -1.18. The second-order valence-electron chi connectivity index (χ2n) is 2.60. The van der Waals surface area contributed by atoms with E-state index < -0.39 is 5.82 Å². The molecule has 1 rings (SSSR count). The Morgan fingerprint density at radius 1 is 1.62 bits per heavy atom. The minimum absolute atomic E-state index is 0.00728. The number of aryl methyl sites for hydroxylation is 1. The van der Waals surface area contributed by atoms with E-state index in [9.17, 15) is 9.18 Å². The second kappa shape index (κ2) is 4.17. The monoisotopic (exact) mass is 199 g/mol. The van der Waals surface area contributed by atoms with Gasteiger partial charge in [-0.2, -0.15) is 0 Å². The zero-order valence-corrected chi connectivity index (χ0v) is 7.73. The molecule has 0 aliphatic heterocycles. The first-order valence-electron chi connectivity index (χ1n) is 3.63. The summed E-state index contributed by atoms with van der Waals surface area (Å²) >= 11 is 5.67. The quantitative estimate of drug-likeness (QED) is 0.532. The van der Waals surface area contributed by atoms with Crippen LogP contribution in [0.15, 0.2) is 17.1 Å². The summed E-state index contributed by atoms with van der Waals surface area (Å²) in [6.07, 6.45) is 1.35. The van der Waals surface area contributed by atoms with Crippen molar-refractivity contribution in [1.82, 2.24) is 0 Å². The fourth-order valence-electron chi connectivity index (χ4n) is 0.956. The standard InChI is InChI=1S/C9H7ClFNO/c1-6-2-7(4-12-5-13)9(11)3-8(6)10/h2-3H,4H2,1H3. The van der Waals surface area contributed by atoms with Crippen molar-refractivity contribution in [2.24, 2.45) is 4.99 Å². The van der Waals surface area contributed by atoms with Crippen molar-refractivity contribution < 1.29 is 9.18 Å². The van der Waals surface area contributed by atoms with Gasteiger partial charge in [-0.1, -0.05) is 11.6 Å². The summed E-state index contributed by atoms with van der Waals surface area (Å²) in [5, 5.41) is 0.372. The van der Waals surface area contributed by atoms with Crippen molar-refractivity contribution >= 4 is 17.7 Å². The number of aliphatic imine (C=N–C) groups is 1. The first-order valence-corrected chi connectivity index (χ1v) is 4.01. The first-order chi connectivity index (χ1) is 6.15. The van der Waals surface area contributed by atoms with E-state index in [1.54, 1.807) is 13.0 Å². The van der Waals surface area contributed by atoms with Crippen LogP contribution in [0.2, 0.25) is 5.02 Å². The molecule has 2 nitrogen and oxygen atoms in total. The lowest BCUT2D eigenvalue weighted by Gasteiger charge is -2.02. The highest BCUT2D eigenvalue weighted by atomic mass is 35.5. The number of hydrogen-bond acceptors (Lipinski definition) is 2. The molecular formula is C9H7ClFNO. The molecule has 0 saturated carbocycles. The van der Waals surface area contributed by atoms with E-state index in [4.69, 9.17) is 11.6 Å². The van der Waals surface area contributed by atoms with Crippen LogP contribution in [0, 0.1) is 12.7 Å². The SMILES string of the molecule is Cc1cc(CN=C=O)c(F)cc1Cl. The van der Waals surface area contributed by atoms with E-state index in [1.165, 1.54) is 12.1 Å². The van der Waals surface area contributed by atoms with Crippen molar-refractivity contribution in [2.45, 2.75) is 13.5 Å². The number of nitrogens with zero attached hydrogens (tertiary/aromatic N) is 1. The lowest BCUT2D eigenvalue weighted by Crippen LogP contribution is -1.90. The molecule has 0 heterocycles. The number of isocyanates is 1. The Bertz CT molecular complexity index is 372. The molecule has 0 aromatic heterocycles. The first kappa shape index (κ1) is 9.90. The summed E-state index contributed by atoms with van der Waals surface area (Å²) in [7, 11) is 0. The van der Waals surface area contributed by atoms with Gasteiger partial charge in [-0.3, -0.25) is 0 Å². The van der Waals surface area contributed by atoms with Crippen LogP contribution in [0.1, 0.15) is 11.1 Å². The van der Waals surface area contributed by atoms with E-state index in [-0.39, 0.29) is 6.54 Å². The molecular weight excluding hydrogens is 193 g/mol. The predicted octanol–water partition coefficient (Wildman–Crippen LogP) is 2.62. The number of carbonyl (C=O) groups excluding carboxylic acids is 1.